The van der Waals surface area contributed by atoms with Crippen LogP contribution in [0.25, 0.3) is 0 Å². The molecule has 0 saturated heterocycles. The molecule has 81 valence electrons. The Morgan fingerprint density at radius 3 is 2.20 bits per heavy atom. The van der Waals surface area contributed by atoms with E-state index in [-0.39, 0.29) is 0 Å². The molecule has 0 unspecified atom stereocenters. The summed E-state index contributed by atoms with van der Waals surface area (Å²) in [6.45, 7) is 9.33. The summed E-state index contributed by atoms with van der Waals surface area (Å²) in [4.78, 5) is 0. The fourth-order valence-corrected chi connectivity index (χ4v) is 23.7. The summed E-state index contributed by atoms with van der Waals surface area (Å²) in [5, 5.41) is 0. The van der Waals surface area contributed by atoms with Gasteiger partial charge in [0.1, 0.15) is 0 Å². The van der Waals surface area contributed by atoms with Gasteiger partial charge in [-0.2, -0.15) is 0 Å². The predicted octanol–water partition coefficient (Wildman–Crippen LogP) is 1.14. The Hall–Kier alpha value is 0.778. The molecule has 0 fully saturated rings. The van der Waals surface area contributed by atoms with E-state index in [1.165, 1.54) is 0 Å². The van der Waals surface area contributed by atoms with E-state index in [1.54, 1.807) is 20.1 Å². The molecule has 0 N–H and O–H groups in total. The summed E-state index contributed by atoms with van der Waals surface area (Å²) in [5.41, 5.74) is 3.30. The van der Waals surface area contributed by atoms with Crippen LogP contribution in [0, 0.1) is 0 Å². The molecule has 1 aromatic rings. The molecule has 1 aliphatic heterocycles. The van der Waals surface area contributed by atoms with E-state index in [0.717, 1.165) is 36.5 Å². The van der Waals surface area contributed by atoms with Crippen LogP contribution >= 0.6 is 0 Å². The molecule has 1 radical (unpaired) electrons. The molecule has 1 aromatic carbocycles. The third-order valence-corrected chi connectivity index (χ3v) is 19.0. The molecule has 0 aliphatic carbocycles. The van der Waals surface area contributed by atoms with Crippen LogP contribution in [0.5, 0.6) is 0 Å². The molecule has 15 heavy (non-hydrogen) atoms. The van der Waals surface area contributed by atoms with Crippen molar-refractivity contribution < 1.29 is 0 Å². The van der Waals surface area contributed by atoms with Gasteiger partial charge >= 0.3 is 108 Å². The van der Waals surface area contributed by atoms with Gasteiger partial charge in [-0.3, -0.25) is 0 Å². The van der Waals surface area contributed by atoms with Gasteiger partial charge in [-0.05, 0) is 0 Å². The Morgan fingerprint density at radius 2 is 1.60 bits per heavy atom. The van der Waals surface area contributed by atoms with Crippen LogP contribution < -0.4 is 8.92 Å². The SMILES string of the molecule is CC(C)c1ccc(C(C)C)c2c1[Se][Se]=[Se+]2. The summed E-state index contributed by atoms with van der Waals surface area (Å²) >= 11 is 1.68. The third-order valence-electron chi connectivity index (χ3n) is 2.65. The van der Waals surface area contributed by atoms with Gasteiger partial charge in [-0.1, -0.05) is 0 Å². The monoisotopic (exact) mass is 400 g/mol. The zero-order valence-electron chi connectivity index (χ0n) is 9.53. The molecule has 0 amide bonds. The van der Waals surface area contributed by atoms with E-state index in [9.17, 15) is 0 Å². The molecular weight excluding hydrogens is 381 g/mol. The summed E-state index contributed by atoms with van der Waals surface area (Å²) in [7, 11) is 0.955. The van der Waals surface area contributed by atoms with Gasteiger partial charge < -0.3 is 0 Å². The molecule has 3 heteroatoms. The van der Waals surface area contributed by atoms with E-state index in [1.807, 2.05) is 0 Å². The molecule has 0 nitrogen and oxygen atoms in total. The summed E-state index contributed by atoms with van der Waals surface area (Å²) < 4.78 is 3.59. The van der Waals surface area contributed by atoms with Crippen molar-refractivity contribution >= 4 is 45.4 Å². The molecular formula is C12H16Se3+. The Morgan fingerprint density at radius 1 is 1.00 bits per heavy atom. The standard InChI is InChI=1S/C12H16Se3/c1-7(2)9-5-6-10(8(3)4)12-11(9)13-15-14-12/h5-8H,1-4H3/q+1. The van der Waals surface area contributed by atoms with Gasteiger partial charge in [0.2, 0.25) is 0 Å². The average molecular weight is 397 g/mol. The second kappa shape index (κ2) is 4.96. The normalized spacial score (nSPS) is 14.0. The maximum atomic E-state index is 2.40. The van der Waals surface area contributed by atoms with Gasteiger partial charge in [-0.15, -0.1) is 0 Å². The Bertz CT molecular complexity index is 406. The van der Waals surface area contributed by atoms with Crippen molar-refractivity contribution in [1.82, 2.24) is 0 Å². The summed E-state index contributed by atoms with van der Waals surface area (Å²) in [6.07, 6.45) is 0. The molecule has 0 bridgehead atoms. The Labute approximate surface area is 107 Å². The van der Waals surface area contributed by atoms with Crippen molar-refractivity contribution in [3.63, 3.8) is 0 Å². The van der Waals surface area contributed by atoms with E-state index in [4.69, 9.17) is 0 Å². The third kappa shape index (κ3) is 2.39. The van der Waals surface area contributed by atoms with E-state index in [2.05, 4.69) is 39.8 Å². The van der Waals surface area contributed by atoms with Crippen molar-refractivity contribution in [2.45, 2.75) is 39.5 Å². The first kappa shape index (κ1) is 12.2. The van der Waals surface area contributed by atoms with Crippen LogP contribution in [0.4, 0.5) is 0 Å². The van der Waals surface area contributed by atoms with Crippen LogP contribution in [-0.2, 0) is 0 Å². The number of hydrogen-bond donors (Lipinski definition) is 0. The second-order valence-corrected chi connectivity index (χ2v) is 20.0. The van der Waals surface area contributed by atoms with Crippen molar-refractivity contribution in [2.75, 3.05) is 0 Å². The Kier molecular flexibility index (Phi) is 4.05. The number of fused-ring (bicyclic) bond motifs is 1. The quantitative estimate of drug-likeness (QED) is 0.657. The van der Waals surface area contributed by atoms with Crippen molar-refractivity contribution in [1.29, 1.82) is 0 Å². The maximum absolute atomic E-state index is 2.40. The van der Waals surface area contributed by atoms with Crippen LogP contribution in [0.1, 0.15) is 50.7 Å². The average Bonchev–Trinajstić information content (AvgIpc) is 2.63. The molecule has 0 aromatic heterocycles. The number of benzene rings is 1. The van der Waals surface area contributed by atoms with Gasteiger partial charge in [0.15, 0.2) is 0 Å². The van der Waals surface area contributed by atoms with Gasteiger partial charge in [-0.25, -0.2) is 0 Å². The van der Waals surface area contributed by atoms with Crippen LogP contribution in [0.3, 0.4) is 0 Å². The molecule has 1 aliphatic rings. The first-order valence-electron chi connectivity index (χ1n) is 5.29. The van der Waals surface area contributed by atoms with E-state index in [0.29, 0.717) is 11.8 Å². The minimum atomic E-state index is 0.714. The molecule has 0 spiro atoms. The fourth-order valence-electron chi connectivity index (χ4n) is 1.76. The molecule has 1 heterocycles. The van der Waals surface area contributed by atoms with Crippen molar-refractivity contribution in [3.05, 3.63) is 23.3 Å². The molecule has 0 atom stereocenters. The van der Waals surface area contributed by atoms with Crippen LogP contribution in [0.2, 0.25) is 0 Å². The summed E-state index contributed by atoms with van der Waals surface area (Å²) in [6, 6.07) is 4.80. The van der Waals surface area contributed by atoms with Crippen LogP contribution in [-0.4, -0.2) is 36.5 Å². The fraction of sp³-hybridized carbons (Fsp3) is 0.500. The minimum absolute atomic E-state index is 0.714. The molecule has 0 saturated carbocycles. The first-order chi connectivity index (χ1) is 7.11. The second-order valence-electron chi connectivity index (χ2n) is 4.45. The van der Waals surface area contributed by atoms with Crippen LogP contribution in [0.15, 0.2) is 12.1 Å². The topological polar surface area (TPSA) is 0 Å². The van der Waals surface area contributed by atoms with Gasteiger partial charge in [0, 0.05) is 0 Å². The zero-order chi connectivity index (χ0) is 11.0. The van der Waals surface area contributed by atoms with Gasteiger partial charge in [0.05, 0.1) is 0 Å². The van der Waals surface area contributed by atoms with Crippen molar-refractivity contribution in [3.8, 4) is 0 Å². The van der Waals surface area contributed by atoms with Crippen molar-refractivity contribution in [2.24, 2.45) is 0 Å². The zero-order valence-corrected chi connectivity index (χ0v) is 14.7. The first-order valence-corrected chi connectivity index (χ1v) is 15.7. The number of rotatable bonds is 2. The predicted molar refractivity (Wildman–Crippen MR) is 71.2 cm³/mol. The van der Waals surface area contributed by atoms with E-state index < -0.39 is 0 Å². The Balaban J connectivity index is 2.57. The number of hydrogen-bond acceptors (Lipinski definition) is 0. The molecule has 2 rings (SSSR count). The summed E-state index contributed by atoms with van der Waals surface area (Å²) in [5.74, 6) is 1.43. The van der Waals surface area contributed by atoms with Gasteiger partial charge in [0.25, 0.3) is 0 Å². The van der Waals surface area contributed by atoms with E-state index >= 15 is 0 Å².